The molecule has 0 fully saturated rings. The number of anilines is 2. The van der Waals surface area contributed by atoms with Crippen molar-refractivity contribution in [1.82, 2.24) is 9.97 Å². The summed E-state index contributed by atoms with van der Waals surface area (Å²) < 4.78 is 13.7. The van der Waals surface area contributed by atoms with Gasteiger partial charge < -0.3 is 5.32 Å². The number of rotatable bonds is 4. The topological polar surface area (TPSA) is 61.6 Å². The highest BCUT2D eigenvalue weighted by atomic mass is 35.5. The molecule has 0 spiro atoms. The Morgan fingerprint density at radius 1 is 1.00 bits per heavy atom. The first-order chi connectivity index (χ1) is 14.1. The Bertz CT molecular complexity index is 1250. The number of nitriles is 1. The maximum Gasteiger partial charge on any atom is 0.159 e. The van der Waals surface area contributed by atoms with E-state index in [1.807, 2.05) is 48.7 Å². The first-order valence-corrected chi connectivity index (χ1v) is 10.2. The predicted octanol–water partition coefficient (Wildman–Crippen LogP) is 6.43. The third-order valence-electron chi connectivity index (χ3n) is 4.38. The average Bonchev–Trinajstić information content (AvgIpc) is 2.76. The Hall–Kier alpha value is -3.14. The molecule has 0 amide bonds. The maximum absolute atomic E-state index is 13.7. The molecule has 0 aliphatic heterocycles. The Morgan fingerprint density at radius 3 is 2.48 bits per heavy atom. The van der Waals surface area contributed by atoms with Crippen molar-refractivity contribution in [3.8, 4) is 17.2 Å². The van der Waals surface area contributed by atoms with E-state index in [-0.39, 0.29) is 10.6 Å². The zero-order valence-electron chi connectivity index (χ0n) is 15.3. The molecule has 142 valence electrons. The van der Waals surface area contributed by atoms with Crippen LogP contribution in [0.1, 0.15) is 5.56 Å². The second-order valence-electron chi connectivity index (χ2n) is 6.25. The Kier molecular flexibility index (Phi) is 5.34. The molecular formula is C22H14ClFN4S. The number of hydrogen-bond donors (Lipinski definition) is 1. The highest BCUT2D eigenvalue weighted by Crippen LogP contribution is 2.28. The fraction of sp³-hybridized carbons (Fsp3) is 0.0455. The molecule has 4 nitrogen and oxygen atoms in total. The number of fused-ring (bicyclic) bond motifs is 1. The largest absolute Gasteiger partial charge is 0.355 e. The van der Waals surface area contributed by atoms with Crippen LogP contribution in [0, 0.1) is 17.1 Å². The third-order valence-corrected chi connectivity index (χ3v) is 5.27. The van der Waals surface area contributed by atoms with Crippen molar-refractivity contribution in [3.63, 3.8) is 0 Å². The van der Waals surface area contributed by atoms with E-state index in [0.717, 1.165) is 32.9 Å². The molecule has 7 heteroatoms. The minimum Gasteiger partial charge on any atom is -0.355 e. The predicted molar refractivity (Wildman–Crippen MR) is 116 cm³/mol. The number of benzene rings is 3. The summed E-state index contributed by atoms with van der Waals surface area (Å²) in [5, 5.41) is 13.0. The molecule has 1 aromatic heterocycles. The molecule has 0 radical (unpaired) electrons. The van der Waals surface area contributed by atoms with Crippen LogP contribution in [-0.2, 0) is 0 Å². The summed E-state index contributed by atoms with van der Waals surface area (Å²) in [6.07, 6.45) is 3.74. The zero-order valence-corrected chi connectivity index (χ0v) is 16.9. The summed E-state index contributed by atoms with van der Waals surface area (Å²) in [5.41, 5.74) is 5.01. The van der Waals surface area contributed by atoms with Crippen LogP contribution in [0.15, 0.2) is 65.8 Å². The van der Waals surface area contributed by atoms with Crippen molar-refractivity contribution in [3.05, 3.63) is 77.2 Å². The molecule has 0 aliphatic carbocycles. The number of nitrogens with one attached hydrogen (secondary N) is 1. The van der Waals surface area contributed by atoms with Crippen LogP contribution >= 0.6 is 23.4 Å². The van der Waals surface area contributed by atoms with Gasteiger partial charge >= 0.3 is 0 Å². The van der Waals surface area contributed by atoms with Crippen molar-refractivity contribution >= 4 is 45.8 Å². The first-order valence-electron chi connectivity index (χ1n) is 8.65. The number of hydrogen-bond acceptors (Lipinski definition) is 5. The number of halogens is 2. The molecule has 4 rings (SSSR count). The second-order valence-corrected chi connectivity index (χ2v) is 7.48. The van der Waals surface area contributed by atoms with Gasteiger partial charge in [-0.05, 0) is 53.8 Å². The lowest BCUT2D eigenvalue weighted by Gasteiger charge is -2.10. The van der Waals surface area contributed by atoms with E-state index in [2.05, 4.69) is 15.3 Å². The smallest absolute Gasteiger partial charge is 0.159 e. The second kappa shape index (κ2) is 8.08. The van der Waals surface area contributed by atoms with E-state index in [9.17, 15) is 4.39 Å². The van der Waals surface area contributed by atoms with Gasteiger partial charge in [-0.2, -0.15) is 5.26 Å². The van der Waals surface area contributed by atoms with E-state index < -0.39 is 5.82 Å². The lowest BCUT2D eigenvalue weighted by Crippen LogP contribution is -1.94. The van der Waals surface area contributed by atoms with Crippen molar-refractivity contribution in [2.75, 3.05) is 11.6 Å². The normalized spacial score (nSPS) is 10.7. The molecule has 1 heterocycles. The summed E-state index contributed by atoms with van der Waals surface area (Å²) in [6.45, 7) is 0. The van der Waals surface area contributed by atoms with Gasteiger partial charge in [-0.3, -0.25) is 4.98 Å². The standard InChI is InChI=1S/C22H14ClFN4S/c1-29-21-12-26-20-9-14(4-7-19(20)28-21)13-2-5-16(6-3-13)27-17-8-15(11-25)22(24)18(23)10-17/h2-10,12,27H,1H3. The molecule has 0 atom stereocenters. The molecule has 29 heavy (non-hydrogen) atoms. The highest BCUT2D eigenvalue weighted by molar-refractivity contribution is 7.98. The Morgan fingerprint density at radius 2 is 1.76 bits per heavy atom. The molecule has 0 saturated heterocycles. The summed E-state index contributed by atoms with van der Waals surface area (Å²) >= 11 is 7.42. The Balaban J connectivity index is 1.59. The van der Waals surface area contributed by atoms with Gasteiger partial charge in [-0.1, -0.05) is 29.8 Å². The van der Waals surface area contributed by atoms with Gasteiger partial charge in [0.25, 0.3) is 0 Å². The van der Waals surface area contributed by atoms with Crippen LogP contribution in [0.4, 0.5) is 15.8 Å². The van der Waals surface area contributed by atoms with Gasteiger partial charge in [0.15, 0.2) is 5.82 Å². The average molecular weight is 421 g/mol. The van der Waals surface area contributed by atoms with Crippen molar-refractivity contribution < 1.29 is 4.39 Å². The summed E-state index contributed by atoms with van der Waals surface area (Å²) in [7, 11) is 0. The molecule has 0 bridgehead atoms. The van der Waals surface area contributed by atoms with Gasteiger partial charge in [-0.15, -0.1) is 11.8 Å². The fourth-order valence-electron chi connectivity index (χ4n) is 2.93. The summed E-state index contributed by atoms with van der Waals surface area (Å²) in [4.78, 5) is 9.02. The fourth-order valence-corrected chi connectivity index (χ4v) is 3.49. The van der Waals surface area contributed by atoms with Crippen LogP contribution < -0.4 is 5.32 Å². The molecule has 0 saturated carbocycles. The van der Waals surface area contributed by atoms with Crippen molar-refractivity contribution in [2.24, 2.45) is 0 Å². The monoisotopic (exact) mass is 420 g/mol. The van der Waals surface area contributed by atoms with E-state index in [1.54, 1.807) is 24.0 Å². The minimum absolute atomic E-state index is 0.0925. The van der Waals surface area contributed by atoms with Crippen LogP contribution in [-0.4, -0.2) is 16.2 Å². The molecule has 1 N–H and O–H groups in total. The van der Waals surface area contributed by atoms with Gasteiger partial charge in [0.1, 0.15) is 11.1 Å². The van der Waals surface area contributed by atoms with Crippen LogP contribution in [0.25, 0.3) is 22.2 Å². The summed E-state index contributed by atoms with van der Waals surface area (Å²) in [5.74, 6) is -0.709. The van der Waals surface area contributed by atoms with Gasteiger partial charge in [0, 0.05) is 11.4 Å². The van der Waals surface area contributed by atoms with Gasteiger partial charge in [-0.25, -0.2) is 9.37 Å². The van der Waals surface area contributed by atoms with Crippen LogP contribution in [0.3, 0.4) is 0 Å². The van der Waals surface area contributed by atoms with E-state index in [1.165, 1.54) is 12.1 Å². The Labute approximate surface area is 176 Å². The highest BCUT2D eigenvalue weighted by Gasteiger charge is 2.09. The van der Waals surface area contributed by atoms with Crippen molar-refractivity contribution in [1.29, 1.82) is 5.26 Å². The lowest BCUT2D eigenvalue weighted by atomic mass is 10.0. The van der Waals surface area contributed by atoms with Crippen molar-refractivity contribution in [2.45, 2.75) is 5.03 Å². The number of aromatic nitrogens is 2. The maximum atomic E-state index is 13.7. The lowest BCUT2D eigenvalue weighted by molar-refractivity contribution is 0.624. The molecule has 0 aliphatic rings. The van der Waals surface area contributed by atoms with Crippen LogP contribution in [0.5, 0.6) is 0 Å². The molecular weight excluding hydrogens is 407 g/mol. The first kappa shape index (κ1) is 19.2. The summed E-state index contributed by atoms with van der Waals surface area (Å²) in [6, 6.07) is 18.4. The van der Waals surface area contributed by atoms with E-state index in [0.29, 0.717) is 5.69 Å². The minimum atomic E-state index is -0.709. The van der Waals surface area contributed by atoms with E-state index >= 15 is 0 Å². The van der Waals surface area contributed by atoms with Crippen LogP contribution in [0.2, 0.25) is 5.02 Å². The van der Waals surface area contributed by atoms with Gasteiger partial charge in [0.05, 0.1) is 27.8 Å². The quantitative estimate of drug-likeness (QED) is 0.385. The van der Waals surface area contributed by atoms with E-state index in [4.69, 9.17) is 16.9 Å². The number of nitrogens with zero attached hydrogens (tertiary/aromatic N) is 3. The SMILES string of the molecule is CSc1cnc2cc(-c3ccc(Nc4cc(Cl)c(F)c(C#N)c4)cc3)ccc2n1. The molecule has 4 aromatic rings. The zero-order chi connectivity index (χ0) is 20.4. The molecule has 0 unspecified atom stereocenters. The van der Waals surface area contributed by atoms with Gasteiger partial charge in [0.2, 0.25) is 0 Å². The molecule has 3 aromatic carbocycles. The third kappa shape index (κ3) is 4.02. The number of thioether (sulfide) groups is 1.